The van der Waals surface area contributed by atoms with Crippen LogP contribution in [0.4, 0.5) is 0 Å². The van der Waals surface area contributed by atoms with Gasteiger partial charge in [-0.15, -0.1) is 0 Å². The summed E-state index contributed by atoms with van der Waals surface area (Å²) >= 11 is 4.97. The van der Waals surface area contributed by atoms with Crippen LogP contribution in [0.3, 0.4) is 0 Å². The Labute approximate surface area is 147 Å². The molecule has 0 saturated heterocycles. The molecular weight excluding hydrogens is 330 g/mol. The summed E-state index contributed by atoms with van der Waals surface area (Å²) in [5, 5.41) is 2.46. The van der Waals surface area contributed by atoms with Gasteiger partial charge < -0.3 is 9.47 Å². The molecule has 0 aliphatic rings. The Morgan fingerprint density at radius 2 is 1.92 bits per heavy atom. The number of hydrogen-bond donors (Lipinski definition) is 3. The first kappa shape index (κ1) is 19.9. The zero-order valence-corrected chi connectivity index (χ0v) is 14.9. The predicted molar refractivity (Wildman–Crippen MR) is 94.6 cm³/mol. The van der Waals surface area contributed by atoms with Crippen LogP contribution in [0.15, 0.2) is 24.3 Å². The van der Waals surface area contributed by atoms with Crippen LogP contribution in [-0.2, 0) is 9.53 Å². The van der Waals surface area contributed by atoms with Crippen molar-refractivity contribution in [2.75, 3.05) is 19.8 Å². The molecule has 0 aromatic heterocycles. The average molecular weight is 353 g/mol. The Bertz CT molecular complexity index is 578. The first-order valence-electron chi connectivity index (χ1n) is 7.63. The quantitative estimate of drug-likeness (QED) is 0.507. The Balaban J connectivity index is 2.55. The molecular formula is C16H23N3O4S. The molecule has 0 spiro atoms. The molecule has 0 radical (unpaired) electrons. The van der Waals surface area contributed by atoms with Gasteiger partial charge in [-0.05, 0) is 37.2 Å². The minimum atomic E-state index is -0.425. The fraction of sp³-hybridized carbons (Fsp3) is 0.438. The molecule has 2 amide bonds. The molecule has 3 N–H and O–H groups in total. The summed E-state index contributed by atoms with van der Waals surface area (Å²) < 4.78 is 10.6. The number of hydrogen-bond acceptors (Lipinski definition) is 5. The van der Waals surface area contributed by atoms with Crippen LogP contribution in [0.1, 0.15) is 31.1 Å². The summed E-state index contributed by atoms with van der Waals surface area (Å²) in [6.07, 6.45) is 0. The van der Waals surface area contributed by atoms with Crippen molar-refractivity contribution in [2.45, 2.75) is 20.8 Å². The Morgan fingerprint density at radius 1 is 1.21 bits per heavy atom. The van der Waals surface area contributed by atoms with E-state index in [9.17, 15) is 9.59 Å². The highest BCUT2D eigenvalue weighted by molar-refractivity contribution is 7.80. The summed E-state index contributed by atoms with van der Waals surface area (Å²) in [6, 6.07) is 6.88. The lowest BCUT2D eigenvalue weighted by Crippen LogP contribution is -2.49. The number of nitrogens with one attached hydrogen (secondary N) is 3. The van der Waals surface area contributed by atoms with Crippen molar-refractivity contribution in [2.24, 2.45) is 5.92 Å². The van der Waals surface area contributed by atoms with E-state index in [0.29, 0.717) is 30.4 Å². The third-order valence-electron chi connectivity index (χ3n) is 2.68. The minimum absolute atomic E-state index is 0.0245. The molecule has 0 bridgehead atoms. The molecule has 0 atom stereocenters. The third-order valence-corrected chi connectivity index (χ3v) is 2.89. The lowest BCUT2D eigenvalue weighted by Gasteiger charge is -2.14. The van der Waals surface area contributed by atoms with E-state index < -0.39 is 11.8 Å². The van der Waals surface area contributed by atoms with E-state index in [4.69, 9.17) is 21.7 Å². The van der Waals surface area contributed by atoms with E-state index in [1.165, 1.54) is 0 Å². The van der Waals surface area contributed by atoms with E-state index in [0.717, 1.165) is 0 Å². The number of carbonyl (C=O) groups excluding carboxylic acids is 2. The van der Waals surface area contributed by atoms with Crippen LogP contribution in [0.2, 0.25) is 0 Å². The van der Waals surface area contributed by atoms with E-state index in [1.54, 1.807) is 31.2 Å². The van der Waals surface area contributed by atoms with Gasteiger partial charge in [0.25, 0.3) is 11.8 Å². The summed E-state index contributed by atoms with van der Waals surface area (Å²) in [5.41, 5.74) is 5.13. The van der Waals surface area contributed by atoms with Gasteiger partial charge in [-0.3, -0.25) is 25.8 Å². The molecule has 0 aliphatic carbocycles. The molecule has 8 heteroatoms. The van der Waals surface area contributed by atoms with Crippen molar-refractivity contribution in [3.63, 3.8) is 0 Å². The molecule has 132 valence electrons. The molecule has 0 heterocycles. The molecule has 0 aliphatic heterocycles. The first-order chi connectivity index (χ1) is 11.4. The highest BCUT2D eigenvalue weighted by atomic mass is 32.1. The summed E-state index contributed by atoms with van der Waals surface area (Å²) in [5.74, 6) is -0.00340. The van der Waals surface area contributed by atoms with Gasteiger partial charge in [-0.1, -0.05) is 26.0 Å². The van der Waals surface area contributed by atoms with Crippen molar-refractivity contribution in [3.8, 4) is 5.75 Å². The molecule has 1 aromatic carbocycles. The van der Waals surface area contributed by atoms with Gasteiger partial charge in [0.15, 0.2) is 5.11 Å². The standard InChI is InChI=1S/C16H23N3O4S/c1-4-22-10-14(20)18-19-16(24)17-15(21)12-7-5-6-8-13(12)23-9-11(2)3/h5-8,11H,4,9-10H2,1-3H3,(H,18,20)(H2,17,19,21,24). The van der Waals surface area contributed by atoms with Gasteiger partial charge >= 0.3 is 0 Å². The highest BCUT2D eigenvalue weighted by Crippen LogP contribution is 2.18. The molecule has 0 fully saturated rings. The summed E-state index contributed by atoms with van der Waals surface area (Å²) in [7, 11) is 0. The van der Waals surface area contributed by atoms with E-state index in [-0.39, 0.29) is 11.7 Å². The minimum Gasteiger partial charge on any atom is -0.492 e. The SMILES string of the molecule is CCOCC(=O)NNC(=S)NC(=O)c1ccccc1OCC(C)C. The van der Waals surface area contributed by atoms with E-state index in [1.807, 2.05) is 13.8 Å². The van der Waals surface area contributed by atoms with Gasteiger partial charge in [-0.2, -0.15) is 0 Å². The van der Waals surface area contributed by atoms with Gasteiger partial charge in [0.05, 0.1) is 12.2 Å². The molecule has 7 nitrogen and oxygen atoms in total. The Morgan fingerprint density at radius 3 is 2.58 bits per heavy atom. The van der Waals surface area contributed by atoms with Gasteiger partial charge in [0, 0.05) is 6.61 Å². The van der Waals surface area contributed by atoms with Crippen LogP contribution >= 0.6 is 12.2 Å². The summed E-state index contributed by atoms with van der Waals surface area (Å²) in [4.78, 5) is 23.7. The smallest absolute Gasteiger partial charge is 0.264 e. The second-order valence-electron chi connectivity index (χ2n) is 5.29. The van der Waals surface area contributed by atoms with Gasteiger partial charge in [-0.25, -0.2) is 0 Å². The monoisotopic (exact) mass is 353 g/mol. The van der Waals surface area contributed by atoms with Crippen molar-refractivity contribution < 1.29 is 19.1 Å². The van der Waals surface area contributed by atoms with Crippen LogP contribution in [0.5, 0.6) is 5.75 Å². The number of ether oxygens (including phenoxy) is 2. The topological polar surface area (TPSA) is 88.7 Å². The molecule has 1 aromatic rings. The lowest BCUT2D eigenvalue weighted by molar-refractivity contribution is -0.126. The molecule has 24 heavy (non-hydrogen) atoms. The maximum absolute atomic E-state index is 12.3. The Kier molecular flexibility index (Phi) is 8.74. The Hall–Kier alpha value is -2.19. The van der Waals surface area contributed by atoms with Crippen LogP contribution in [0.25, 0.3) is 0 Å². The first-order valence-corrected chi connectivity index (χ1v) is 8.04. The number of carbonyl (C=O) groups is 2. The van der Waals surface area contributed by atoms with Gasteiger partial charge in [0.2, 0.25) is 0 Å². The highest BCUT2D eigenvalue weighted by Gasteiger charge is 2.14. The average Bonchev–Trinajstić information content (AvgIpc) is 2.56. The molecule has 0 unspecified atom stereocenters. The second kappa shape index (κ2) is 10.6. The van der Waals surface area contributed by atoms with Crippen molar-refractivity contribution >= 4 is 29.1 Å². The fourth-order valence-corrected chi connectivity index (χ4v) is 1.74. The zero-order chi connectivity index (χ0) is 17.9. The number of para-hydroxylation sites is 1. The maximum atomic E-state index is 12.3. The van der Waals surface area contributed by atoms with Crippen LogP contribution in [-0.4, -0.2) is 36.7 Å². The second-order valence-corrected chi connectivity index (χ2v) is 5.70. The van der Waals surface area contributed by atoms with Crippen molar-refractivity contribution in [3.05, 3.63) is 29.8 Å². The fourth-order valence-electron chi connectivity index (χ4n) is 1.60. The zero-order valence-electron chi connectivity index (χ0n) is 14.0. The molecule has 1 rings (SSSR count). The number of rotatable bonds is 7. The van der Waals surface area contributed by atoms with Crippen LogP contribution in [0, 0.1) is 5.92 Å². The number of thiocarbonyl (C=S) groups is 1. The normalized spacial score (nSPS) is 10.2. The van der Waals surface area contributed by atoms with Crippen molar-refractivity contribution in [1.82, 2.24) is 16.2 Å². The van der Waals surface area contributed by atoms with Crippen molar-refractivity contribution in [1.29, 1.82) is 0 Å². The van der Waals surface area contributed by atoms with Crippen LogP contribution < -0.4 is 20.9 Å². The number of amides is 2. The predicted octanol–water partition coefficient (Wildman–Crippen LogP) is 1.39. The van der Waals surface area contributed by atoms with E-state index >= 15 is 0 Å². The number of hydrazine groups is 1. The lowest BCUT2D eigenvalue weighted by atomic mass is 10.2. The largest absolute Gasteiger partial charge is 0.492 e. The summed E-state index contributed by atoms with van der Waals surface area (Å²) in [6.45, 7) is 6.66. The number of benzene rings is 1. The maximum Gasteiger partial charge on any atom is 0.264 e. The van der Waals surface area contributed by atoms with Gasteiger partial charge in [0.1, 0.15) is 12.4 Å². The molecule has 0 saturated carbocycles. The van der Waals surface area contributed by atoms with E-state index in [2.05, 4.69) is 16.2 Å². The third kappa shape index (κ3) is 7.38.